The second-order valence-electron chi connectivity index (χ2n) is 6.55. The van der Waals surface area contributed by atoms with E-state index in [0.717, 1.165) is 43.4 Å². The molecule has 1 N–H and O–H groups in total. The van der Waals surface area contributed by atoms with Crippen molar-refractivity contribution in [1.29, 1.82) is 0 Å². The minimum absolute atomic E-state index is 0.340. The molecule has 3 heteroatoms. The van der Waals surface area contributed by atoms with E-state index in [-0.39, 0.29) is 0 Å². The van der Waals surface area contributed by atoms with Gasteiger partial charge in [0.1, 0.15) is 6.10 Å². The van der Waals surface area contributed by atoms with Crippen LogP contribution in [0.5, 0.6) is 5.88 Å². The molecule has 2 unspecified atom stereocenters. The molecule has 0 spiro atoms. The van der Waals surface area contributed by atoms with Crippen molar-refractivity contribution in [2.75, 3.05) is 6.54 Å². The number of hydrogen-bond acceptors (Lipinski definition) is 3. The van der Waals surface area contributed by atoms with Gasteiger partial charge in [0.05, 0.1) is 0 Å². The third-order valence-corrected chi connectivity index (χ3v) is 4.33. The summed E-state index contributed by atoms with van der Waals surface area (Å²) < 4.78 is 6.30. The Balaban J connectivity index is 2.11. The lowest BCUT2D eigenvalue weighted by atomic mass is 9.89. The van der Waals surface area contributed by atoms with E-state index in [1.165, 1.54) is 30.4 Å². The first kappa shape index (κ1) is 16.3. The molecule has 1 heterocycles. The van der Waals surface area contributed by atoms with Crippen molar-refractivity contribution < 1.29 is 4.74 Å². The maximum absolute atomic E-state index is 6.30. The quantitative estimate of drug-likeness (QED) is 0.799. The zero-order valence-corrected chi connectivity index (χ0v) is 14.0. The Morgan fingerprint density at radius 2 is 2.14 bits per heavy atom. The van der Waals surface area contributed by atoms with E-state index < -0.39 is 0 Å². The minimum Gasteiger partial charge on any atom is -0.474 e. The summed E-state index contributed by atoms with van der Waals surface area (Å²) in [6.45, 7) is 10.6. The second kappa shape index (κ2) is 7.79. The summed E-state index contributed by atoms with van der Waals surface area (Å²) in [5.74, 6) is 1.63. The number of hydrogen-bond donors (Lipinski definition) is 1. The molecule has 0 amide bonds. The highest BCUT2D eigenvalue weighted by Gasteiger charge is 2.22. The van der Waals surface area contributed by atoms with Gasteiger partial charge in [-0.1, -0.05) is 20.3 Å². The summed E-state index contributed by atoms with van der Waals surface area (Å²) in [4.78, 5) is 4.67. The third kappa shape index (κ3) is 4.70. The lowest BCUT2D eigenvalue weighted by molar-refractivity contribution is 0.122. The molecule has 1 aromatic rings. The van der Waals surface area contributed by atoms with Gasteiger partial charge in [0.2, 0.25) is 5.88 Å². The summed E-state index contributed by atoms with van der Waals surface area (Å²) in [5.41, 5.74) is 3.56. The molecule has 2 atom stereocenters. The second-order valence-corrected chi connectivity index (χ2v) is 6.55. The van der Waals surface area contributed by atoms with Crippen molar-refractivity contribution >= 4 is 0 Å². The van der Waals surface area contributed by atoms with Crippen LogP contribution in [0.15, 0.2) is 6.07 Å². The Kier molecular flexibility index (Phi) is 6.04. The standard InChI is InChI=1S/C18H30N2O/c1-5-9-19-12-17-14(3)11-15(4)20-18(17)21-16-8-6-7-13(2)10-16/h11,13,16,19H,5-10,12H2,1-4H3. The average molecular weight is 290 g/mol. The van der Waals surface area contributed by atoms with Crippen LogP contribution in [0, 0.1) is 19.8 Å². The van der Waals surface area contributed by atoms with Gasteiger partial charge in [-0.25, -0.2) is 4.98 Å². The van der Waals surface area contributed by atoms with Crippen LogP contribution in [-0.4, -0.2) is 17.6 Å². The average Bonchev–Trinajstić information content (AvgIpc) is 2.42. The Hall–Kier alpha value is -1.09. The number of nitrogens with zero attached hydrogens (tertiary/aromatic N) is 1. The zero-order valence-electron chi connectivity index (χ0n) is 14.0. The van der Waals surface area contributed by atoms with Gasteiger partial charge in [-0.05, 0) is 63.6 Å². The fourth-order valence-electron chi connectivity index (χ4n) is 3.18. The van der Waals surface area contributed by atoms with E-state index in [2.05, 4.69) is 37.1 Å². The largest absolute Gasteiger partial charge is 0.474 e. The molecule has 3 nitrogen and oxygen atoms in total. The van der Waals surface area contributed by atoms with Crippen LogP contribution in [0.25, 0.3) is 0 Å². The summed E-state index contributed by atoms with van der Waals surface area (Å²) >= 11 is 0. The molecule has 0 aromatic carbocycles. The summed E-state index contributed by atoms with van der Waals surface area (Å²) in [6, 6.07) is 2.15. The Morgan fingerprint density at radius 1 is 1.33 bits per heavy atom. The Bertz CT molecular complexity index is 459. The maximum atomic E-state index is 6.30. The van der Waals surface area contributed by atoms with Crippen LogP contribution in [0.3, 0.4) is 0 Å². The lowest BCUT2D eigenvalue weighted by Crippen LogP contribution is -2.26. The van der Waals surface area contributed by atoms with Gasteiger partial charge in [-0.15, -0.1) is 0 Å². The fraction of sp³-hybridized carbons (Fsp3) is 0.722. The molecule has 0 aliphatic heterocycles. The van der Waals surface area contributed by atoms with Crippen molar-refractivity contribution in [3.05, 3.63) is 22.9 Å². The Morgan fingerprint density at radius 3 is 2.86 bits per heavy atom. The number of aromatic nitrogens is 1. The van der Waals surface area contributed by atoms with Crippen molar-refractivity contribution in [3.63, 3.8) is 0 Å². The molecule has 0 saturated heterocycles. The molecule has 1 saturated carbocycles. The van der Waals surface area contributed by atoms with Crippen molar-refractivity contribution in [3.8, 4) is 5.88 Å². The SMILES string of the molecule is CCCNCc1c(C)cc(C)nc1OC1CCCC(C)C1. The van der Waals surface area contributed by atoms with Crippen LogP contribution in [0.4, 0.5) is 0 Å². The highest BCUT2D eigenvalue weighted by Crippen LogP contribution is 2.29. The molecule has 21 heavy (non-hydrogen) atoms. The van der Waals surface area contributed by atoms with E-state index >= 15 is 0 Å². The third-order valence-electron chi connectivity index (χ3n) is 4.33. The molecule has 2 rings (SSSR count). The number of ether oxygens (including phenoxy) is 1. The van der Waals surface area contributed by atoms with E-state index in [0.29, 0.717) is 6.10 Å². The van der Waals surface area contributed by atoms with Crippen LogP contribution < -0.4 is 10.1 Å². The van der Waals surface area contributed by atoms with Crippen LogP contribution >= 0.6 is 0 Å². The molecule has 1 aliphatic rings. The van der Waals surface area contributed by atoms with Crippen molar-refractivity contribution in [2.45, 2.75) is 72.4 Å². The molecule has 0 bridgehead atoms. The number of nitrogens with one attached hydrogen (secondary N) is 1. The van der Waals surface area contributed by atoms with Gasteiger partial charge in [-0.2, -0.15) is 0 Å². The van der Waals surface area contributed by atoms with Crippen molar-refractivity contribution in [2.24, 2.45) is 5.92 Å². The first-order valence-electron chi connectivity index (χ1n) is 8.44. The van der Waals surface area contributed by atoms with Gasteiger partial charge in [-0.3, -0.25) is 0 Å². The number of rotatable bonds is 6. The molecule has 118 valence electrons. The van der Waals surface area contributed by atoms with E-state index in [4.69, 9.17) is 4.74 Å². The first-order chi connectivity index (χ1) is 10.1. The topological polar surface area (TPSA) is 34.2 Å². The number of pyridine rings is 1. The minimum atomic E-state index is 0.340. The van der Waals surface area contributed by atoms with Gasteiger partial charge in [0, 0.05) is 17.8 Å². The molecule has 0 radical (unpaired) electrons. The normalized spacial score (nSPS) is 22.3. The lowest BCUT2D eigenvalue weighted by Gasteiger charge is -2.28. The van der Waals surface area contributed by atoms with E-state index in [1.54, 1.807) is 0 Å². The van der Waals surface area contributed by atoms with Crippen molar-refractivity contribution in [1.82, 2.24) is 10.3 Å². The smallest absolute Gasteiger partial charge is 0.218 e. The molecular weight excluding hydrogens is 260 g/mol. The summed E-state index contributed by atoms with van der Waals surface area (Å²) in [6.07, 6.45) is 6.43. The van der Waals surface area contributed by atoms with Gasteiger partial charge in [0.15, 0.2) is 0 Å². The molecule has 1 aromatic heterocycles. The highest BCUT2D eigenvalue weighted by atomic mass is 16.5. The van der Waals surface area contributed by atoms with Crippen LogP contribution in [-0.2, 0) is 6.54 Å². The van der Waals surface area contributed by atoms with Gasteiger partial charge < -0.3 is 10.1 Å². The fourth-order valence-corrected chi connectivity index (χ4v) is 3.18. The van der Waals surface area contributed by atoms with Gasteiger partial charge >= 0.3 is 0 Å². The highest BCUT2D eigenvalue weighted by molar-refractivity contribution is 5.36. The molecule has 1 fully saturated rings. The molecule has 1 aliphatic carbocycles. The zero-order chi connectivity index (χ0) is 15.2. The summed E-state index contributed by atoms with van der Waals surface area (Å²) in [5, 5.41) is 3.48. The Labute approximate surface area is 129 Å². The first-order valence-corrected chi connectivity index (χ1v) is 8.44. The van der Waals surface area contributed by atoms with Crippen LogP contribution in [0.2, 0.25) is 0 Å². The monoisotopic (exact) mass is 290 g/mol. The predicted molar refractivity (Wildman–Crippen MR) is 87.8 cm³/mol. The van der Waals surface area contributed by atoms with E-state index in [1.807, 2.05) is 6.92 Å². The number of aryl methyl sites for hydroxylation is 2. The van der Waals surface area contributed by atoms with Crippen LogP contribution in [0.1, 0.15) is 62.8 Å². The van der Waals surface area contributed by atoms with E-state index in [9.17, 15) is 0 Å². The molecular formula is C18H30N2O. The predicted octanol–water partition coefficient (Wildman–Crippen LogP) is 4.16. The maximum Gasteiger partial charge on any atom is 0.218 e. The summed E-state index contributed by atoms with van der Waals surface area (Å²) in [7, 11) is 0. The van der Waals surface area contributed by atoms with Gasteiger partial charge in [0.25, 0.3) is 0 Å².